The molecule has 2 aromatic heterocycles. The summed E-state index contributed by atoms with van der Waals surface area (Å²) in [5.41, 5.74) is 5.94. The van der Waals surface area contributed by atoms with Crippen LogP contribution in [0.5, 0.6) is 5.75 Å². The lowest BCUT2D eigenvalue weighted by atomic mass is 10.1. The van der Waals surface area contributed by atoms with Gasteiger partial charge in [0.2, 0.25) is 0 Å². The molecule has 4 rings (SSSR count). The number of para-hydroxylation sites is 2. The second-order valence-electron chi connectivity index (χ2n) is 6.29. The van der Waals surface area contributed by atoms with Crippen LogP contribution < -0.4 is 10.1 Å². The first-order chi connectivity index (χ1) is 12.6. The van der Waals surface area contributed by atoms with E-state index in [1.54, 1.807) is 7.11 Å². The molecule has 0 aliphatic rings. The molecule has 0 saturated heterocycles. The summed E-state index contributed by atoms with van der Waals surface area (Å²) in [6.07, 6.45) is 0. The Labute approximate surface area is 151 Å². The summed E-state index contributed by atoms with van der Waals surface area (Å²) in [5, 5.41) is 13.1. The van der Waals surface area contributed by atoms with Gasteiger partial charge in [0.25, 0.3) is 0 Å². The number of nitrogens with zero attached hydrogens (tertiary/aromatic N) is 3. The van der Waals surface area contributed by atoms with Gasteiger partial charge in [0.1, 0.15) is 17.6 Å². The molecule has 1 N–H and O–H groups in total. The number of rotatable bonds is 3. The summed E-state index contributed by atoms with van der Waals surface area (Å²) in [7, 11) is 1.65. The number of aryl methyl sites for hydroxylation is 2. The Morgan fingerprint density at radius 1 is 1.12 bits per heavy atom. The number of benzene rings is 2. The molecule has 0 aliphatic carbocycles. The van der Waals surface area contributed by atoms with Gasteiger partial charge in [-0.2, -0.15) is 5.26 Å². The highest BCUT2D eigenvalue weighted by molar-refractivity contribution is 5.86. The largest absolute Gasteiger partial charge is 0.495 e. The van der Waals surface area contributed by atoms with E-state index < -0.39 is 0 Å². The lowest BCUT2D eigenvalue weighted by molar-refractivity contribution is 0.417. The molecule has 0 atom stereocenters. The van der Waals surface area contributed by atoms with Gasteiger partial charge >= 0.3 is 0 Å². The second kappa shape index (κ2) is 6.08. The van der Waals surface area contributed by atoms with E-state index in [1.807, 2.05) is 60.7 Å². The molecule has 0 radical (unpaired) electrons. The summed E-state index contributed by atoms with van der Waals surface area (Å²) < 4.78 is 7.44. The van der Waals surface area contributed by atoms with Gasteiger partial charge in [0, 0.05) is 0 Å². The zero-order valence-corrected chi connectivity index (χ0v) is 14.9. The van der Waals surface area contributed by atoms with Gasteiger partial charge in [-0.05, 0) is 55.3 Å². The SMILES string of the molecule is COc1ccccc1Nc1cc(C)c(C#N)c2nc3cc(C)ccc3n12. The molecule has 0 fully saturated rings. The maximum atomic E-state index is 9.62. The zero-order valence-electron chi connectivity index (χ0n) is 14.9. The zero-order chi connectivity index (χ0) is 18.3. The first kappa shape index (κ1) is 16.0. The molecule has 0 spiro atoms. The predicted molar refractivity (Wildman–Crippen MR) is 103 cm³/mol. The average Bonchev–Trinajstić information content (AvgIpc) is 3.00. The molecule has 0 saturated carbocycles. The molecule has 26 heavy (non-hydrogen) atoms. The highest BCUT2D eigenvalue weighted by atomic mass is 16.5. The van der Waals surface area contributed by atoms with Crippen LogP contribution in [0.4, 0.5) is 11.5 Å². The standard InChI is InChI=1S/C21H18N4O/c1-13-8-9-18-17(10-13)24-21-15(12-22)14(2)11-20(25(18)21)23-16-6-4-5-7-19(16)26-3/h4-11,23H,1-3H3. The second-order valence-corrected chi connectivity index (χ2v) is 6.29. The lowest BCUT2D eigenvalue weighted by Crippen LogP contribution is -2.03. The topological polar surface area (TPSA) is 62.3 Å². The van der Waals surface area contributed by atoms with Crippen LogP contribution in [0.1, 0.15) is 16.7 Å². The Kier molecular flexibility index (Phi) is 3.74. The van der Waals surface area contributed by atoms with Crippen molar-refractivity contribution in [3.63, 3.8) is 0 Å². The third-order valence-electron chi connectivity index (χ3n) is 4.50. The number of nitriles is 1. The van der Waals surface area contributed by atoms with Gasteiger partial charge < -0.3 is 10.1 Å². The summed E-state index contributed by atoms with van der Waals surface area (Å²) in [4.78, 5) is 4.72. The minimum atomic E-state index is 0.587. The van der Waals surface area contributed by atoms with E-state index in [2.05, 4.69) is 17.5 Å². The maximum Gasteiger partial charge on any atom is 0.157 e. The predicted octanol–water partition coefficient (Wildman–Crippen LogP) is 4.73. The Morgan fingerprint density at radius 2 is 1.92 bits per heavy atom. The molecular formula is C21H18N4O. The van der Waals surface area contributed by atoms with E-state index in [4.69, 9.17) is 9.72 Å². The van der Waals surface area contributed by atoms with Crippen molar-refractivity contribution >= 4 is 28.2 Å². The van der Waals surface area contributed by atoms with E-state index in [0.29, 0.717) is 11.2 Å². The molecule has 0 amide bonds. The van der Waals surface area contributed by atoms with Gasteiger partial charge in [0.15, 0.2) is 5.65 Å². The number of ether oxygens (including phenoxy) is 1. The van der Waals surface area contributed by atoms with Crippen LogP contribution in [0.25, 0.3) is 16.7 Å². The molecular weight excluding hydrogens is 324 g/mol. The van der Waals surface area contributed by atoms with Crippen molar-refractivity contribution in [1.29, 1.82) is 5.26 Å². The number of hydrogen-bond donors (Lipinski definition) is 1. The Hall–Kier alpha value is -3.52. The van der Waals surface area contributed by atoms with E-state index in [-0.39, 0.29) is 0 Å². The average molecular weight is 342 g/mol. The van der Waals surface area contributed by atoms with Crippen LogP contribution in [0.3, 0.4) is 0 Å². The molecule has 128 valence electrons. The first-order valence-corrected chi connectivity index (χ1v) is 8.35. The Bertz CT molecular complexity index is 1180. The smallest absolute Gasteiger partial charge is 0.157 e. The minimum Gasteiger partial charge on any atom is -0.495 e. The molecule has 5 nitrogen and oxygen atoms in total. The van der Waals surface area contributed by atoms with Gasteiger partial charge in [-0.1, -0.05) is 18.2 Å². The fourth-order valence-electron chi connectivity index (χ4n) is 3.24. The summed E-state index contributed by atoms with van der Waals surface area (Å²) in [5.74, 6) is 1.59. The molecule has 0 unspecified atom stereocenters. The molecule has 2 heterocycles. The van der Waals surface area contributed by atoms with Crippen molar-refractivity contribution < 1.29 is 4.74 Å². The minimum absolute atomic E-state index is 0.587. The van der Waals surface area contributed by atoms with Gasteiger partial charge in [-0.15, -0.1) is 0 Å². The van der Waals surface area contributed by atoms with Crippen LogP contribution >= 0.6 is 0 Å². The normalized spacial score (nSPS) is 10.8. The monoisotopic (exact) mass is 342 g/mol. The molecule has 5 heteroatoms. The summed E-state index contributed by atoms with van der Waals surface area (Å²) >= 11 is 0. The Balaban J connectivity index is 2.03. The summed E-state index contributed by atoms with van der Waals surface area (Å²) in [6, 6.07) is 18.1. The van der Waals surface area contributed by atoms with Crippen molar-refractivity contribution in [3.8, 4) is 11.8 Å². The molecule has 4 aromatic rings. The fraction of sp³-hybridized carbons (Fsp3) is 0.143. The van der Waals surface area contributed by atoms with Crippen LogP contribution in [-0.2, 0) is 0 Å². The fourth-order valence-corrected chi connectivity index (χ4v) is 3.24. The van der Waals surface area contributed by atoms with Gasteiger partial charge in [-0.25, -0.2) is 4.98 Å². The van der Waals surface area contributed by atoms with E-state index in [1.165, 1.54) is 0 Å². The van der Waals surface area contributed by atoms with Crippen molar-refractivity contribution in [2.45, 2.75) is 13.8 Å². The molecule has 2 aromatic carbocycles. The van der Waals surface area contributed by atoms with Crippen LogP contribution in [0.15, 0.2) is 48.5 Å². The van der Waals surface area contributed by atoms with Crippen molar-refractivity contribution in [3.05, 3.63) is 65.2 Å². The number of imidazole rings is 1. The number of pyridine rings is 1. The third-order valence-corrected chi connectivity index (χ3v) is 4.50. The van der Waals surface area contributed by atoms with Gasteiger partial charge in [-0.3, -0.25) is 4.40 Å². The van der Waals surface area contributed by atoms with Crippen LogP contribution in [-0.4, -0.2) is 16.5 Å². The highest BCUT2D eigenvalue weighted by Gasteiger charge is 2.16. The number of methoxy groups -OCH3 is 1. The van der Waals surface area contributed by atoms with Crippen LogP contribution in [0, 0.1) is 25.2 Å². The Morgan fingerprint density at radius 3 is 2.69 bits per heavy atom. The summed E-state index contributed by atoms with van der Waals surface area (Å²) in [6.45, 7) is 3.96. The van der Waals surface area contributed by atoms with E-state index in [0.717, 1.165) is 39.4 Å². The van der Waals surface area contributed by atoms with Gasteiger partial charge in [0.05, 0.1) is 29.4 Å². The third kappa shape index (κ3) is 2.44. The van der Waals surface area contributed by atoms with Crippen molar-refractivity contribution in [2.75, 3.05) is 12.4 Å². The van der Waals surface area contributed by atoms with Crippen LogP contribution in [0.2, 0.25) is 0 Å². The lowest BCUT2D eigenvalue weighted by Gasteiger charge is -2.14. The molecule has 0 bridgehead atoms. The first-order valence-electron chi connectivity index (χ1n) is 8.35. The van der Waals surface area contributed by atoms with Crippen molar-refractivity contribution in [2.24, 2.45) is 0 Å². The quantitative estimate of drug-likeness (QED) is 0.585. The maximum absolute atomic E-state index is 9.62. The highest BCUT2D eigenvalue weighted by Crippen LogP contribution is 2.31. The molecule has 0 aliphatic heterocycles. The van der Waals surface area contributed by atoms with E-state index in [9.17, 15) is 5.26 Å². The number of nitrogens with one attached hydrogen (secondary N) is 1. The number of anilines is 2. The van der Waals surface area contributed by atoms with Crippen molar-refractivity contribution in [1.82, 2.24) is 9.38 Å². The number of aromatic nitrogens is 2. The van der Waals surface area contributed by atoms with E-state index >= 15 is 0 Å². The number of hydrogen-bond acceptors (Lipinski definition) is 4. The number of fused-ring (bicyclic) bond motifs is 3.